The van der Waals surface area contributed by atoms with E-state index in [-0.39, 0.29) is 20.4 Å². The van der Waals surface area contributed by atoms with Gasteiger partial charge >= 0.3 is 0 Å². The summed E-state index contributed by atoms with van der Waals surface area (Å²) >= 11 is 0. The summed E-state index contributed by atoms with van der Waals surface area (Å²) in [4.78, 5) is 2.30. The van der Waals surface area contributed by atoms with E-state index in [1.165, 1.54) is 0 Å². The van der Waals surface area contributed by atoms with E-state index in [9.17, 15) is 0 Å². The molecule has 0 atom stereocenters. The van der Waals surface area contributed by atoms with Crippen LogP contribution in [0.3, 0.4) is 0 Å². The molecular weight excluding hydrogens is 298 g/mol. The van der Waals surface area contributed by atoms with Crippen molar-refractivity contribution in [2.45, 2.75) is 6.92 Å². The van der Waals surface area contributed by atoms with Crippen molar-refractivity contribution in [1.82, 2.24) is 4.90 Å². The topological polar surface area (TPSA) is 17.3 Å². The number of likely N-dealkylation sites (N-methyl/N-ethyl adjacent to an activating group) is 1. The van der Waals surface area contributed by atoms with Crippen molar-refractivity contribution >= 4 is 0 Å². The Bertz CT molecular complexity index is 53.6. The van der Waals surface area contributed by atoms with Crippen LogP contribution in [0.2, 0.25) is 0 Å². The van der Waals surface area contributed by atoms with Crippen molar-refractivity contribution in [3.8, 4) is 0 Å². The minimum atomic E-state index is 0. The van der Waals surface area contributed by atoms with Gasteiger partial charge in [-0.3, -0.25) is 0 Å². The quantitative estimate of drug-likeness (QED) is 0.613. The monoisotopic (exact) mass is 315 g/mol. The zero-order valence-corrected chi connectivity index (χ0v) is 9.52. The standard InChI is InChI=1S/C5H11N2.C2H5.Re/c1-7-4-2-6-3-5-7;1-2;/h2-5H2,1H3;1H2,2H3;/q2*-1;. The van der Waals surface area contributed by atoms with Gasteiger partial charge in [-0.05, 0) is 20.1 Å². The number of hydrogen-bond donors (Lipinski definition) is 0. The molecule has 1 saturated heterocycles. The number of nitrogens with zero attached hydrogens (tertiary/aromatic N) is 2. The van der Waals surface area contributed by atoms with Crippen LogP contribution in [-0.4, -0.2) is 38.1 Å². The summed E-state index contributed by atoms with van der Waals surface area (Å²) in [6.45, 7) is 9.38. The summed E-state index contributed by atoms with van der Waals surface area (Å²) in [5.74, 6) is 0. The Balaban J connectivity index is 0. The summed E-state index contributed by atoms with van der Waals surface area (Å²) < 4.78 is 0. The fourth-order valence-corrected chi connectivity index (χ4v) is 0.706. The van der Waals surface area contributed by atoms with Gasteiger partial charge in [-0.2, -0.15) is 6.92 Å². The summed E-state index contributed by atoms with van der Waals surface area (Å²) in [5.41, 5.74) is 0. The number of piperazine rings is 1. The molecule has 10 heavy (non-hydrogen) atoms. The van der Waals surface area contributed by atoms with Gasteiger partial charge in [0.1, 0.15) is 0 Å². The van der Waals surface area contributed by atoms with Gasteiger partial charge in [0.05, 0.1) is 0 Å². The Hall–Kier alpha value is 0.582. The zero-order valence-electron chi connectivity index (χ0n) is 6.81. The Morgan fingerprint density at radius 1 is 1.20 bits per heavy atom. The van der Waals surface area contributed by atoms with Crippen LogP contribution in [0.25, 0.3) is 5.32 Å². The third kappa shape index (κ3) is 6.70. The molecule has 0 amide bonds. The summed E-state index contributed by atoms with van der Waals surface area (Å²) in [5, 5.41) is 4.19. The normalized spacial score (nSPS) is 18.3. The molecule has 0 spiro atoms. The van der Waals surface area contributed by atoms with E-state index in [2.05, 4.69) is 24.2 Å². The third-order valence-electron chi connectivity index (χ3n) is 1.28. The first kappa shape index (κ1) is 13.2. The Kier molecular flexibility index (Phi) is 12.6. The molecule has 0 saturated carbocycles. The van der Waals surface area contributed by atoms with Gasteiger partial charge in [-0.1, -0.05) is 0 Å². The van der Waals surface area contributed by atoms with Gasteiger partial charge in [0, 0.05) is 20.4 Å². The van der Waals surface area contributed by atoms with Crippen LogP contribution in [0.15, 0.2) is 0 Å². The van der Waals surface area contributed by atoms with Gasteiger partial charge in [-0.25, -0.2) is 0 Å². The smallest absolute Gasteiger partial charge is 0 e. The van der Waals surface area contributed by atoms with E-state index in [0.717, 1.165) is 26.2 Å². The van der Waals surface area contributed by atoms with Crippen molar-refractivity contribution in [1.29, 1.82) is 0 Å². The SMILES string of the molecule is CN1CC[N-]CC1.[CH2-]C.[Re]. The number of rotatable bonds is 0. The second-order valence-electron chi connectivity index (χ2n) is 1.97. The van der Waals surface area contributed by atoms with E-state index in [1.54, 1.807) is 6.92 Å². The van der Waals surface area contributed by atoms with Crippen LogP contribution in [0.5, 0.6) is 0 Å². The van der Waals surface area contributed by atoms with Crippen LogP contribution in [0, 0.1) is 6.92 Å². The summed E-state index contributed by atoms with van der Waals surface area (Å²) in [6.07, 6.45) is 0. The molecule has 1 rings (SSSR count). The van der Waals surface area contributed by atoms with Crippen molar-refractivity contribution in [2.24, 2.45) is 0 Å². The van der Waals surface area contributed by atoms with Gasteiger partial charge in [-0.15, -0.1) is 13.1 Å². The van der Waals surface area contributed by atoms with E-state index < -0.39 is 0 Å². The maximum Gasteiger partial charge on any atom is 0 e. The van der Waals surface area contributed by atoms with Crippen molar-refractivity contribution in [3.05, 3.63) is 12.2 Å². The minimum absolute atomic E-state index is 0. The van der Waals surface area contributed by atoms with Crippen LogP contribution < -0.4 is 0 Å². The molecule has 2 nitrogen and oxygen atoms in total. The third-order valence-corrected chi connectivity index (χ3v) is 1.28. The largest absolute Gasteiger partial charge is 0.660 e. The van der Waals surface area contributed by atoms with Crippen molar-refractivity contribution < 1.29 is 20.4 Å². The minimum Gasteiger partial charge on any atom is -0.660 e. The predicted octanol–water partition coefficient (Wildman–Crippen LogP) is 1.14. The summed E-state index contributed by atoms with van der Waals surface area (Å²) in [6, 6.07) is 0. The average molecular weight is 314 g/mol. The molecule has 0 aromatic rings. The molecule has 0 unspecified atom stereocenters. The molecule has 3 heteroatoms. The molecule has 1 aliphatic rings. The van der Waals surface area contributed by atoms with Gasteiger partial charge in [0.15, 0.2) is 0 Å². The molecule has 1 heterocycles. The first-order valence-electron chi connectivity index (χ1n) is 3.42. The van der Waals surface area contributed by atoms with Crippen molar-refractivity contribution in [2.75, 3.05) is 33.2 Å². The second kappa shape index (κ2) is 9.58. The van der Waals surface area contributed by atoms with Gasteiger partial charge in [0.25, 0.3) is 0 Å². The molecule has 1 radical (unpaired) electrons. The first-order valence-corrected chi connectivity index (χ1v) is 3.42. The Labute approximate surface area is 78.0 Å². The maximum absolute atomic E-state index is 4.19. The fourth-order valence-electron chi connectivity index (χ4n) is 0.706. The molecule has 0 N–H and O–H groups in total. The Morgan fingerprint density at radius 3 is 1.80 bits per heavy atom. The van der Waals surface area contributed by atoms with Crippen LogP contribution in [-0.2, 0) is 20.4 Å². The van der Waals surface area contributed by atoms with Gasteiger partial charge in [0.2, 0.25) is 0 Å². The summed E-state index contributed by atoms with van der Waals surface area (Å²) in [7, 11) is 2.13. The molecule has 0 aliphatic carbocycles. The van der Waals surface area contributed by atoms with Gasteiger partial charge < -0.3 is 17.1 Å². The average Bonchev–Trinajstić information content (AvgIpc) is 1.94. The molecular formula is C7H16N2Re-2. The second-order valence-corrected chi connectivity index (χ2v) is 1.97. The maximum atomic E-state index is 4.19. The van der Waals surface area contributed by atoms with E-state index in [0.29, 0.717) is 0 Å². The zero-order chi connectivity index (χ0) is 7.11. The van der Waals surface area contributed by atoms with Crippen molar-refractivity contribution in [3.63, 3.8) is 0 Å². The molecule has 63 valence electrons. The van der Waals surface area contributed by atoms with Crippen LogP contribution in [0.1, 0.15) is 6.92 Å². The van der Waals surface area contributed by atoms with Crippen LogP contribution in [0.4, 0.5) is 0 Å². The van der Waals surface area contributed by atoms with E-state index >= 15 is 0 Å². The molecule has 1 aliphatic heterocycles. The predicted molar refractivity (Wildman–Crippen MR) is 41.6 cm³/mol. The van der Waals surface area contributed by atoms with E-state index in [1.807, 2.05) is 0 Å². The Morgan fingerprint density at radius 2 is 1.60 bits per heavy atom. The fraction of sp³-hybridized carbons (Fsp3) is 0.857. The van der Waals surface area contributed by atoms with Crippen LogP contribution >= 0.6 is 0 Å². The molecule has 0 aromatic carbocycles. The molecule has 1 fully saturated rings. The first-order chi connectivity index (χ1) is 4.39. The van der Waals surface area contributed by atoms with E-state index in [4.69, 9.17) is 0 Å². The number of hydrogen-bond acceptors (Lipinski definition) is 1. The molecule has 0 bridgehead atoms. The molecule has 0 aromatic heterocycles.